The highest BCUT2D eigenvalue weighted by atomic mass is 79.9. The van der Waals surface area contributed by atoms with Gasteiger partial charge in [0.15, 0.2) is 5.13 Å². The van der Waals surface area contributed by atoms with Gasteiger partial charge in [0.2, 0.25) is 5.91 Å². The number of anilines is 1. The van der Waals surface area contributed by atoms with Gasteiger partial charge in [0.1, 0.15) is 0 Å². The predicted molar refractivity (Wildman–Crippen MR) is 53.7 cm³/mol. The zero-order valence-electron chi connectivity index (χ0n) is 6.80. The lowest BCUT2D eigenvalue weighted by atomic mass is 10.2. The van der Waals surface area contributed by atoms with Gasteiger partial charge in [-0.1, -0.05) is 15.9 Å². The minimum atomic E-state index is -0.543. The molecule has 0 aliphatic carbocycles. The number of thiazole rings is 1. The minimum absolute atomic E-state index is 0.0857. The van der Waals surface area contributed by atoms with E-state index in [1.807, 2.05) is 5.38 Å². The second-order valence-corrected chi connectivity index (χ2v) is 5.64. The van der Waals surface area contributed by atoms with E-state index in [2.05, 4.69) is 26.2 Å². The number of nitrogens with one attached hydrogen (secondary N) is 1. The summed E-state index contributed by atoms with van der Waals surface area (Å²) >= 11 is 4.66. The summed E-state index contributed by atoms with van der Waals surface area (Å²) in [6.07, 6.45) is 1.65. The third kappa shape index (κ3) is 2.57. The largest absolute Gasteiger partial charge is 0.301 e. The zero-order chi connectivity index (χ0) is 9.19. The van der Waals surface area contributed by atoms with Gasteiger partial charge < -0.3 is 5.32 Å². The van der Waals surface area contributed by atoms with Crippen LogP contribution in [0.25, 0.3) is 0 Å². The maximum atomic E-state index is 11.3. The molecular formula is C7H9BrN2OS. The second kappa shape index (κ2) is 3.53. The van der Waals surface area contributed by atoms with Crippen LogP contribution in [0.3, 0.4) is 0 Å². The Balaban J connectivity index is 2.60. The number of hydrogen-bond acceptors (Lipinski definition) is 3. The van der Waals surface area contributed by atoms with Crippen molar-refractivity contribution in [2.45, 2.75) is 18.2 Å². The molecule has 12 heavy (non-hydrogen) atoms. The lowest BCUT2D eigenvalue weighted by Gasteiger charge is -2.13. The number of alkyl halides is 1. The van der Waals surface area contributed by atoms with E-state index in [9.17, 15) is 4.79 Å². The molecule has 0 unspecified atom stereocenters. The van der Waals surface area contributed by atoms with E-state index in [4.69, 9.17) is 0 Å². The minimum Gasteiger partial charge on any atom is -0.301 e. The Morgan fingerprint density at radius 3 is 2.83 bits per heavy atom. The highest BCUT2D eigenvalue weighted by Gasteiger charge is 2.23. The second-order valence-electron chi connectivity index (χ2n) is 2.76. The van der Waals surface area contributed by atoms with E-state index in [-0.39, 0.29) is 5.91 Å². The van der Waals surface area contributed by atoms with Crippen LogP contribution < -0.4 is 5.32 Å². The molecule has 0 saturated heterocycles. The van der Waals surface area contributed by atoms with Crippen LogP contribution in [0.2, 0.25) is 0 Å². The van der Waals surface area contributed by atoms with E-state index >= 15 is 0 Å². The Hall–Kier alpha value is -0.420. The number of hydrogen-bond donors (Lipinski definition) is 1. The Morgan fingerprint density at radius 2 is 2.42 bits per heavy atom. The van der Waals surface area contributed by atoms with Crippen LogP contribution in [0, 0.1) is 0 Å². The number of aromatic nitrogens is 1. The molecule has 0 spiro atoms. The molecule has 0 aliphatic rings. The summed E-state index contributed by atoms with van der Waals surface area (Å²) in [5.41, 5.74) is 0. The monoisotopic (exact) mass is 248 g/mol. The molecule has 0 fully saturated rings. The molecule has 0 aromatic carbocycles. The maximum Gasteiger partial charge on any atom is 0.242 e. The van der Waals surface area contributed by atoms with Crippen molar-refractivity contribution in [3.8, 4) is 0 Å². The predicted octanol–water partition coefficient (Wildman–Crippen LogP) is 2.26. The van der Waals surface area contributed by atoms with Crippen LogP contribution in [0.4, 0.5) is 5.13 Å². The average molecular weight is 249 g/mol. The van der Waals surface area contributed by atoms with Gasteiger partial charge in [0, 0.05) is 11.6 Å². The van der Waals surface area contributed by atoms with Gasteiger partial charge in [-0.05, 0) is 13.8 Å². The number of halogens is 1. The van der Waals surface area contributed by atoms with E-state index in [1.54, 1.807) is 20.0 Å². The van der Waals surface area contributed by atoms with Crippen molar-refractivity contribution in [1.82, 2.24) is 4.98 Å². The number of carbonyl (C=O) groups excluding carboxylic acids is 1. The van der Waals surface area contributed by atoms with Crippen LogP contribution >= 0.6 is 27.3 Å². The van der Waals surface area contributed by atoms with Crippen LogP contribution in [0.15, 0.2) is 11.6 Å². The molecule has 1 aromatic rings. The molecule has 1 heterocycles. The summed E-state index contributed by atoms with van der Waals surface area (Å²) in [7, 11) is 0. The third-order valence-electron chi connectivity index (χ3n) is 1.19. The summed E-state index contributed by atoms with van der Waals surface area (Å²) in [5.74, 6) is -0.0857. The van der Waals surface area contributed by atoms with E-state index in [1.165, 1.54) is 11.3 Å². The van der Waals surface area contributed by atoms with Gasteiger partial charge in [0.05, 0.1) is 4.32 Å². The molecule has 1 aromatic heterocycles. The van der Waals surface area contributed by atoms with Gasteiger partial charge in [-0.3, -0.25) is 4.79 Å². The molecule has 0 atom stereocenters. The van der Waals surface area contributed by atoms with Gasteiger partial charge in [-0.2, -0.15) is 0 Å². The Morgan fingerprint density at radius 1 is 1.75 bits per heavy atom. The Kier molecular flexibility index (Phi) is 2.85. The number of nitrogens with zero attached hydrogens (tertiary/aromatic N) is 1. The van der Waals surface area contributed by atoms with Crippen molar-refractivity contribution in [1.29, 1.82) is 0 Å². The summed E-state index contributed by atoms with van der Waals surface area (Å²) < 4.78 is -0.543. The molecule has 0 saturated carbocycles. The third-order valence-corrected chi connectivity index (χ3v) is 2.24. The first-order valence-electron chi connectivity index (χ1n) is 3.40. The molecule has 1 amide bonds. The lowest BCUT2D eigenvalue weighted by molar-refractivity contribution is -0.117. The van der Waals surface area contributed by atoms with Crippen molar-refractivity contribution in [2.75, 3.05) is 5.32 Å². The first kappa shape index (κ1) is 9.67. The molecule has 0 aliphatic heterocycles. The maximum absolute atomic E-state index is 11.3. The number of amides is 1. The Labute approximate surface area is 83.3 Å². The first-order chi connectivity index (χ1) is 5.50. The lowest BCUT2D eigenvalue weighted by Crippen LogP contribution is -2.30. The van der Waals surface area contributed by atoms with Gasteiger partial charge in [0.25, 0.3) is 0 Å². The molecule has 66 valence electrons. The van der Waals surface area contributed by atoms with Gasteiger partial charge in [-0.25, -0.2) is 4.98 Å². The van der Waals surface area contributed by atoms with Crippen molar-refractivity contribution in [2.24, 2.45) is 0 Å². The van der Waals surface area contributed by atoms with Crippen LogP contribution in [0.5, 0.6) is 0 Å². The van der Waals surface area contributed by atoms with Crippen molar-refractivity contribution >= 4 is 38.3 Å². The quantitative estimate of drug-likeness (QED) is 0.817. The molecule has 1 N–H and O–H groups in total. The molecule has 3 nitrogen and oxygen atoms in total. The standard InChI is InChI=1S/C7H9BrN2OS/c1-7(2,8)5(11)10-6-9-3-4-12-6/h3-4H,1-2H3,(H,9,10,11). The van der Waals surface area contributed by atoms with Crippen LogP contribution in [-0.2, 0) is 4.79 Å². The fraction of sp³-hybridized carbons (Fsp3) is 0.429. The topological polar surface area (TPSA) is 42.0 Å². The summed E-state index contributed by atoms with van der Waals surface area (Å²) in [6.45, 7) is 3.58. The highest BCUT2D eigenvalue weighted by molar-refractivity contribution is 9.10. The molecule has 1 rings (SSSR count). The normalized spacial score (nSPS) is 11.2. The number of rotatable bonds is 2. The summed E-state index contributed by atoms with van der Waals surface area (Å²) in [4.78, 5) is 15.3. The summed E-state index contributed by atoms with van der Waals surface area (Å²) in [5, 5.41) is 5.13. The molecule has 0 radical (unpaired) electrons. The fourth-order valence-corrected chi connectivity index (χ4v) is 1.15. The van der Waals surface area contributed by atoms with Crippen LogP contribution in [-0.4, -0.2) is 15.2 Å². The summed E-state index contributed by atoms with van der Waals surface area (Å²) in [6, 6.07) is 0. The molecule has 5 heteroatoms. The van der Waals surface area contributed by atoms with Crippen molar-refractivity contribution in [3.05, 3.63) is 11.6 Å². The number of carbonyl (C=O) groups is 1. The van der Waals surface area contributed by atoms with Crippen molar-refractivity contribution < 1.29 is 4.79 Å². The fourth-order valence-electron chi connectivity index (χ4n) is 0.531. The Bertz CT molecular complexity index is 265. The van der Waals surface area contributed by atoms with E-state index < -0.39 is 4.32 Å². The SMILES string of the molecule is CC(C)(Br)C(=O)Nc1nccs1. The van der Waals surface area contributed by atoms with E-state index in [0.29, 0.717) is 5.13 Å². The smallest absolute Gasteiger partial charge is 0.242 e. The zero-order valence-corrected chi connectivity index (χ0v) is 9.20. The molecular weight excluding hydrogens is 240 g/mol. The molecule has 0 bridgehead atoms. The van der Waals surface area contributed by atoms with Gasteiger partial charge in [-0.15, -0.1) is 11.3 Å². The average Bonchev–Trinajstić information content (AvgIpc) is 2.37. The highest BCUT2D eigenvalue weighted by Crippen LogP contribution is 2.19. The van der Waals surface area contributed by atoms with Crippen LogP contribution in [0.1, 0.15) is 13.8 Å². The van der Waals surface area contributed by atoms with Crippen molar-refractivity contribution in [3.63, 3.8) is 0 Å². The van der Waals surface area contributed by atoms with Gasteiger partial charge >= 0.3 is 0 Å². The van der Waals surface area contributed by atoms with E-state index in [0.717, 1.165) is 0 Å². The first-order valence-corrected chi connectivity index (χ1v) is 5.07.